The summed E-state index contributed by atoms with van der Waals surface area (Å²) >= 11 is 19.5. The Morgan fingerprint density at radius 1 is 0.480 bits per heavy atom. The summed E-state index contributed by atoms with van der Waals surface area (Å²) in [6, 6.07) is 98.1. The van der Waals surface area contributed by atoms with Crippen LogP contribution in [-0.2, 0) is 14.4 Å². The SMILES string of the molecule is C=O.CCC(c1ccc(-c2[nH]c(Cl)c(-c3ccc(Cl)cc3)c2C#N)cc1)c1ccc(C)cc1C.Cc1ccc(OC(C)C(=O)Nc2ccccc2-c2[nH]c(-c3ccccc3)nc2Oc2ccccc2)c(C)c1.Cc1ccc(OC(C)C(=O)Nc2ccccc2-c2[nH]c(-n3nc(-c4ccccc4)c(Cl)c3NC(=O)c3ccccc3)nc2Oc2ccccc2)c(C)c1. The highest BCUT2D eigenvalue weighted by Crippen LogP contribution is 2.44. The maximum atomic E-state index is 13.6. The van der Waals surface area contributed by atoms with Gasteiger partial charge in [0.1, 0.15) is 68.9 Å². The van der Waals surface area contributed by atoms with Crippen LogP contribution in [0.5, 0.6) is 34.8 Å². The summed E-state index contributed by atoms with van der Waals surface area (Å²) < 4.78 is 26.0. The summed E-state index contributed by atoms with van der Waals surface area (Å²) in [6.07, 6.45) is -0.492. The van der Waals surface area contributed by atoms with Crippen molar-refractivity contribution in [3.8, 4) is 114 Å². The Kier molecular flexibility index (Phi) is 29.0. The van der Waals surface area contributed by atoms with E-state index in [0.717, 1.165) is 62.2 Å². The van der Waals surface area contributed by atoms with E-state index in [2.05, 4.69) is 100 Å². The molecule has 0 saturated heterocycles. The highest BCUT2D eigenvalue weighted by Gasteiger charge is 2.29. The number of hydrogen-bond acceptors (Lipinski definition) is 12. The maximum Gasteiger partial charge on any atom is 0.265 e. The zero-order valence-electron chi connectivity index (χ0n) is 70.1. The lowest BCUT2D eigenvalue weighted by atomic mass is 9.85. The van der Waals surface area contributed by atoms with Gasteiger partial charge in [0.2, 0.25) is 17.7 Å². The minimum atomic E-state index is -0.805. The second kappa shape index (κ2) is 41.2. The molecule has 4 aromatic heterocycles. The zero-order chi connectivity index (χ0) is 88.2. The molecule has 3 atom stereocenters. The van der Waals surface area contributed by atoms with E-state index in [1.165, 1.54) is 26.9 Å². The molecule has 16 rings (SSSR count). The molecule has 6 N–H and O–H groups in total. The van der Waals surface area contributed by atoms with Gasteiger partial charge in [-0.1, -0.05) is 289 Å². The van der Waals surface area contributed by atoms with Crippen molar-refractivity contribution in [1.82, 2.24) is 34.7 Å². The van der Waals surface area contributed by atoms with Crippen LogP contribution in [0.1, 0.15) is 93.5 Å². The van der Waals surface area contributed by atoms with E-state index in [1.807, 2.05) is 253 Å². The number of ether oxygens (including phenoxy) is 4. The molecule has 12 aromatic carbocycles. The minimum Gasteiger partial charge on any atom is -0.481 e. The number of nitriles is 1. The van der Waals surface area contributed by atoms with Gasteiger partial charge in [0.15, 0.2) is 18.0 Å². The van der Waals surface area contributed by atoms with Gasteiger partial charge in [-0.05, 0) is 174 Å². The zero-order valence-corrected chi connectivity index (χ0v) is 72.4. The van der Waals surface area contributed by atoms with E-state index in [9.17, 15) is 19.6 Å². The molecule has 4 heterocycles. The second-order valence-corrected chi connectivity index (χ2v) is 30.8. The number of amides is 3. The Balaban J connectivity index is 0.000000165. The van der Waals surface area contributed by atoms with Gasteiger partial charge in [0.05, 0.1) is 22.6 Å². The summed E-state index contributed by atoms with van der Waals surface area (Å²) in [5.41, 5.74) is 19.2. The molecular weight excluding hydrogens is 1630 g/mol. The van der Waals surface area contributed by atoms with Gasteiger partial charge >= 0.3 is 0 Å². The Morgan fingerprint density at radius 2 is 0.936 bits per heavy atom. The molecule has 19 nitrogen and oxygen atoms in total. The molecule has 0 fully saturated rings. The van der Waals surface area contributed by atoms with Crippen molar-refractivity contribution in [2.24, 2.45) is 0 Å². The molecule has 3 unspecified atom stereocenters. The highest BCUT2D eigenvalue weighted by molar-refractivity contribution is 6.36. The predicted octanol–water partition coefficient (Wildman–Crippen LogP) is 25.7. The summed E-state index contributed by atoms with van der Waals surface area (Å²) in [5.74, 6) is 3.53. The van der Waals surface area contributed by atoms with Crippen LogP contribution in [0.4, 0.5) is 17.2 Å². The van der Waals surface area contributed by atoms with Crippen LogP contribution in [0.25, 0.3) is 73.5 Å². The quantitative estimate of drug-likeness (QED) is 0.0330. The van der Waals surface area contributed by atoms with Crippen molar-refractivity contribution in [3.05, 3.63) is 374 Å². The third-order valence-corrected chi connectivity index (χ3v) is 21.5. The van der Waals surface area contributed by atoms with Gasteiger partial charge in [0, 0.05) is 44.3 Å². The summed E-state index contributed by atoms with van der Waals surface area (Å²) in [6.45, 7) is 19.9. The molecule has 0 aliphatic carbocycles. The number of hydrogen-bond donors (Lipinski definition) is 6. The number of rotatable bonds is 24. The van der Waals surface area contributed by atoms with Crippen LogP contribution in [0.3, 0.4) is 0 Å². The number of halogens is 3. The van der Waals surface area contributed by atoms with Gasteiger partial charge in [-0.25, -0.2) is 0 Å². The number of nitrogens with one attached hydrogen (secondary N) is 6. The van der Waals surface area contributed by atoms with Crippen molar-refractivity contribution >= 4 is 76.5 Å². The number of benzene rings is 12. The highest BCUT2D eigenvalue weighted by atomic mass is 35.5. The van der Waals surface area contributed by atoms with Gasteiger partial charge in [-0.15, -0.1) is 0 Å². The number of aryl methyl sites for hydroxylation is 6. The third-order valence-electron chi connectivity index (χ3n) is 20.6. The van der Waals surface area contributed by atoms with E-state index in [4.69, 9.17) is 73.6 Å². The fourth-order valence-electron chi connectivity index (χ4n) is 14.3. The van der Waals surface area contributed by atoms with Crippen molar-refractivity contribution in [1.29, 1.82) is 5.26 Å². The fourth-order valence-corrected chi connectivity index (χ4v) is 15.0. The number of anilines is 3. The summed E-state index contributed by atoms with van der Waals surface area (Å²) in [4.78, 5) is 67.8. The van der Waals surface area contributed by atoms with Gasteiger partial charge in [-0.2, -0.15) is 25.0 Å². The molecule has 0 saturated carbocycles. The number of nitrogens with zero attached hydrogens (tertiary/aromatic N) is 5. The lowest BCUT2D eigenvalue weighted by Crippen LogP contribution is -2.30. The molecule has 0 aliphatic heterocycles. The third kappa shape index (κ3) is 21.4. The second-order valence-electron chi connectivity index (χ2n) is 29.6. The molecule has 626 valence electrons. The Morgan fingerprint density at radius 3 is 1.44 bits per heavy atom. The molecule has 16 aromatic rings. The number of aromatic amines is 3. The van der Waals surface area contributed by atoms with Crippen LogP contribution in [0.2, 0.25) is 15.2 Å². The number of H-pyrrole nitrogens is 3. The minimum absolute atomic E-state index is 0.195. The predicted molar refractivity (Wildman–Crippen MR) is 499 cm³/mol. The van der Waals surface area contributed by atoms with Crippen LogP contribution >= 0.6 is 34.8 Å². The number of carbonyl (C=O) groups excluding carboxylic acids is 4. The number of imidazole rings is 2. The number of para-hydroxylation sites is 4. The van der Waals surface area contributed by atoms with E-state index in [1.54, 1.807) is 56.3 Å². The molecule has 0 radical (unpaired) electrons. The molecular formula is C103H90Cl3N11O8. The largest absolute Gasteiger partial charge is 0.481 e. The summed E-state index contributed by atoms with van der Waals surface area (Å²) in [7, 11) is 0. The average Bonchev–Trinajstić information content (AvgIpc) is 1.61. The smallest absolute Gasteiger partial charge is 0.265 e. The standard InChI is InChI=1S/C42H35ClN6O4.C32H29N3O3.C28H24Cl2N2.CH2O/c1-26-23-24-34(27(2)25-26)52-28(3)39(50)44-33-22-14-13-21-32(33)37-41(53-31-19-11-6-12-20-31)47-42(45-37)49-38(46-40(51)30-17-9-5-10-18-30)35(43)36(48-49)29-15-7-4-8-16-29;1-21-18-19-28(22(2)20-21)37-23(3)31(36)33-27-17-11-10-16-26(27)29-32(38-25-14-8-5-9-15-25)35-30(34-29)24-12-6-4-7-13-24;1-4-23(24-14-5-17(2)15-18(24)3)19-6-8-21(9-7-19)27-25(16-31)26(28(30)32-27)20-10-12-22(29)13-11-20;1-2/h4-25,28H,1-3H3,(H,44,50)(H,45,47)(H,46,51);4-20,23H,1-3H3,(H,33,36)(H,34,35);5-15,23,32H,4H2,1-3H3;1H2. The number of aromatic nitrogens is 7. The lowest BCUT2D eigenvalue weighted by Gasteiger charge is -2.19. The van der Waals surface area contributed by atoms with E-state index in [0.29, 0.717) is 102 Å². The maximum absolute atomic E-state index is 13.6. The van der Waals surface area contributed by atoms with Crippen LogP contribution in [0, 0.1) is 52.9 Å². The normalized spacial score (nSPS) is 11.4. The molecule has 22 heteroatoms. The number of carbonyl (C=O) groups is 4. The first-order valence-corrected chi connectivity index (χ1v) is 41.5. The molecule has 0 aliphatic rings. The van der Waals surface area contributed by atoms with Gasteiger partial charge in [0.25, 0.3) is 17.7 Å². The van der Waals surface area contributed by atoms with E-state index < -0.39 is 12.2 Å². The molecule has 125 heavy (non-hydrogen) atoms. The van der Waals surface area contributed by atoms with Crippen LogP contribution in [-0.4, -0.2) is 71.4 Å². The van der Waals surface area contributed by atoms with Crippen molar-refractivity contribution < 1.29 is 38.1 Å². The fraction of sp³-hybridized carbons (Fsp3) is 0.126. The first kappa shape index (κ1) is 88.0. The van der Waals surface area contributed by atoms with Crippen molar-refractivity contribution in [2.75, 3.05) is 16.0 Å². The monoisotopic (exact) mass is 1710 g/mol. The molecule has 0 spiro atoms. The Hall–Kier alpha value is -14.8. The van der Waals surface area contributed by atoms with E-state index in [-0.39, 0.29) is 40.4 Å². The van der Waals surface area contributed by atoms with Crippen molar-refractivity contribution in [2.45, 2.75) is 86.9 Å². The van der Waals surface area contributed by atoms with Crippen LogP contribution in [0.15, 0.2) is 303 Å². The molecule has 3 amide bonds. The Bertz CT molecular complexity index is 6480. The van der Waals surface area contributed by atoms with Crippen molar-refractivity contribution in [3.63, 3.8) is 0 Å². The topological polar surface area (TPSA) is 256 Å². The first-order chi connectivity index (χ1) is 60.6. The lowest BCUT2D eigenvalue weighted by molar-refractivity contribution is -0.122. The van der Waals surface area contributed by atoms with Gasteiger partial charge in [-0.3, -0.25) is 14.4 Å². The van der Waals surface area contributed by atoms with Crippen LogP contribution < -0.4 is 34.9 Å². The van der Waals surface area contributed by atoms with Gasteiger partial charge < -0.3 is 54.6 Å². The molecule has 0 bridgehead atoms. The summed E-state index contributed by atoms with van der Waals surface area (Å²) in [5, 5.41) is 25.1. The average molecular weight is 1720 g/mol. The first-order valence-electron chi connectivity index (χ1n) is 40.4. The Labute approximate surface area is 741 Å². The van der Waals surface area contributed by atoms with E-state index >= 15 is 0 Å².